The molecule has 0 aliphatic carbocycles. The number of aromatic nitrogens is 2. The molecule has 1 saturated heterocycles. The second-order valence-corrected chi connectivity index (χ2v) is 12.5. The molecule has 4 N–H and O–H groups in total. The molecule has 10 nitrogen and oxygen atoms in total. The molecule has 252 valence electrons. The molecule has 5 rings (SSSR count). The Kier molecular flexibility index (Phi) is 11.9. The first-order valence-electron chi connectivity index (χ1n) is 16.2. The molecular formula is C38H39ClN6O4. The number of amides is 1. The van der Waals surface area contributed by atoms with Gasteiger partial charge in [-0.2, -0.15) is 5.26 Å². The van der Waals surface area contributed by atoms with Gasteiger partial charge in [0.1, 0.15) is 17.8 Å². The van der Waals surface area contributed by atoms with Gasteiger partial charge in [-0.3, -0.25) is 24.5 Å². The Balaban J connectivity index is 1.35. The lowest BCUT2D eigenvalue weighted by Gasteiger charge is -2.33. The minimum absolute atomic E-state index is 0.0436. The summed E-state index contributed by atoms with van der Waals surface area (Å²) in [6.07, 6.45) is 9.41. The van der Waals surface area contributed by atoms with Crippen molar-refractivity contribution in [1.82, 2.24) is 20.2 Å². The zero-order valence-electron chi connectivity index (χ0n) is 27.5. The van der Waals surface area contributed by atoms with Crippen molar-refractivity contribution in [1.29, 1.82) is 5.26 Å². The van der Waals surface area contributed by atoms with E-state index in [-0.39, 0.29) is 18.2 Å². The van der Waals surface area contributed by atoms with Crippen LogP contribution in [0.1, 0.15) is 68.8 Å². The van der Waals surface area contributed by atoms with Crippen molar-refractivity contribution in [2.45, 2.75) is 52.2 Å². The molecule has 4 aromatic rings. The number of piperidine rings is 1. The standard InChI is InChI=1S/C38H39ClN6O4/c1-24-18-27(32(39)19-28(24)23-45-16-4-3-8-36(45)38(48)49)10-12-34-31(20-40)30(13-14-42-34)29-6-5-7-33(25(29)2)44-37(47)35-11-9-26(22-43-35)21-41-15-17-46/h5-7,9-14,18-19,22,36,41,46H,3-4,8,15-17,21,23H2,1-2H3,(H,44,47)(H,48,49)/b12-10+. The number of aliphatic carboxylic acids is 1. The Morgan fingerprint density at radius 1 is 1.10 bits per heavy atom. The quantitative estimate of drug-likeness (QED) is 0.128. The molecule has 1 fully saturated rings. The van der Waals surface area contributed by atoms with Gasteiger partial charge in [-0.1, -0.05) is 48.4 Å². The summed E-state index contributed by atoms with van der Waals surface area (Å²) in [6.45, 7) is 6.18. The molecule has 1 atom stereocenters. The normalized spacial score (nSPS) is 14.9. The van der Waals surface area contributed by atoms with Crippen LogP contribution >= 0.6 is 11.6 Å². The maximum atomic E-state index is 13.1. The van der Waals surface area contributed by atoms with Gasteiger partial charge < -0.3 is 20.8 Å². The monoisotopic (exact) mass is 678 g/mol. The number of carbonyl (C=O) groups is 2. The van der Waals surface area contributed by atoms with Gasteiger partial charge in [0, 0.05) is 48.3 Å². The molecule has 1 aliphatic rings. The Labute approximate surface area is 291 Å². The predicted molar refractivity (Wildman–Crippen MR) is 191 cm³/mol. The van der Waals surface area contributed by atoms with Gasteiger partial charge in [0.2, 0.25) is 0 Å². The highest BCUT2D eigenvalue weighted by molar-refractivity contribution is 6.32. The van der Waals surface area contributed by atoms with E-state index >= 15 is 0 Å². The number of likely N-dealkylation sites (tertiary alicyclic amines) is 1. The van der Waals surface area contributed by atoms with E-state index in [1.807, 2.05) is 55.2 Å². The molecule has 49 heavy (non-hydrogen) atoms. The number of aryl methyl sites for hydroxylation is 1. The molecule has 0 bridgehead atoms. The van der Waals surface area contributed by atoms with Crippen LogP contribution in [0.25, 0.3) is 23.3 Å². The molecule has 0 radical (unpaired) electrons. The van der Waals surface area contributed by atoms with Crippen LogP contribution in [0.5, 0.6) is 0 Å². The van der Waals surface area contributed by atoms with Crippen molar-refractivity contribution >= 4 is 41.3 Å². The number of halogens is 1. The Hall–Kier alpha value is -4.92. The van der Waals surface area contributed by atoms with Gasteiger partial charge in [0.05, 0.1) is 17.9 Å². The summed E-state index contributed by atoms with van der Waals surface area (Å²) in [5.41, 5.74) is 7.59. The van der Waals surface area contributed by atoms with Crippen molar-refractivity contribution < 1.29 is 19.8 Å². The van der Waals surface area contributed by atoms with Gasteiger partial charge in [-0.15, -0.1) is 0 Å². The van der Waals surface area contributed by atoms with Crippen molar-refractivity contribution in [3.05, 3.63) is 111 Å². The lowest BCUT2D eigenvalue weighted by atomic mass is 9.94. The zero-order valence-corrected chi connectivity index (χ0v) is 28.3. The van der Waals surface area contributed by atoms with E-state index < -0.39 is 12.0 Å². The minimum Gasteiger partial charge on any atom is -0.480 e. The highest BCUT2D eigenvalue weighted by atomic mass is 35.5. The fourth-order valence-electron chi connectivity index (χ4n) is 6.06. The number of nitrogens with zero attached hydrogens (tertiary/aromatic N) is 4. The number of hydrogen-bond donors (Lipinski definition) is 4. The van der Waals surface area contributed by atoms with E-state index in [1.54, 1.807) is 36.7 Å². The van der Waals surface area contributed by atoms with Crippen LogP contribution < -0.4 is 10.6 Å². The van der Waals surface area contributed by atoms with Crippen molar-refractivity contribution in [3.63, 3.8) is 0 Å². The van der Waals surface area contributed by atoms with E-state index in [0.29, 0.717) is 53.6 Å². The van der Waals surface area contributed by atoms with Crippen molar-refractivity contribution in [2.24, 2.45) is 0 Å². The van der Waals surface area contributed by atoms with Crippen molar-refractivity contribution in [3.8, 4) is 17.2 Å². The minimum atomic E-state index is -0.791. The van der Waals surface area contributed by atoms with Gasteiger partial charge in [0.15, 0.2) is 0 Å². The summed E-state index contributed by atoms with van der Waals surface area (Å²) in [6, 6.07) is 16.5. The summed E-state index contributed by atoms with van der Waals surface area (Å²) in [7, 11) is 0. The molecule has 1 amide bonds. The SMILES string of the molecule is Cc1cc(/C=C/c2nccc(-c3cccc(NC(=O)c4ccc(CNCCO)cn4)c3C)c2C#N)c(Cl)cc1CN1CCCCC1C(=O)O. The van der Waals surface area contributed by atoms with Crippen LogP contribution in [0.3, 0.4) is 0 Å². The Morgan fingerprint density at radius 2 is 1.94 bits per heavy atom. The number of carbonyl (C=O) groups excluding carboxylic acids is 1. The van der Waals surface area contributed by atoms with Crippen LogP contribution in [-0.4, -0.2) is 62.7 Å². The van der Waals surface area contributed by atoms with Gasteiger partial charge in [0.25, 0.3) is 5.91 Å². The third-order valence-electron chi connectivity index (χ3n) is 8.79. The number of rotatable bonds is 12. The number of pyridine rings is 2. The Bertz CT molecular complexity index is 1900. The maximum Gasteiger partial charge on any atom is 0.320 e. The van der Waals surface area contributed by atoms with Gasteiger partial charge >= 0.3 is 5.97 Å². The van der Waals surface area contributed by atoms with E-state index in [0.717, 1.165) is 52.8 Å². The maximum absolute atomic E-state index is 13.1. The fraction of sp³-hybridized carbons (Fsp3) is 0.289. The molecule has 11 heteroatoms. The highest BCUT2D eigenvalue weighted by Gasteiger charge is 2.28. The van der Waals surface area contributed by atoms with Gasteiger partial charge in [-0.05, 0) is 97.0 Å². The molecule has 1 aliphatic heterocycles. The molecule has 3 heterocycles. The third-order valence-corrected chi connectivity index (χ3v) is 9.11. The fourth-order valence-corrected chi connectivity index (χ4v) is 6.31. The predicted octanol–water partition coefficient (Wildman–Crippen LogP) is 6.23. The molecule has 2 aromatic heterocycles. The molecular weight excluding hydrogens is 640 g/mol. The number of nitriles is 1. The molecule has 1 unspecified atom stereocenters. The lowest BCUT2D eigenvalue weighted by Crippen LogP contribution is -2.44. The number of anilines is 1. The molecule has 2 aromatic carbocycles. The van der Waals surface area contributed by atoms with E-state index in [9.17, 15) is 20.0 Å². The van der Waals surface area contributed by atoms with Crippen LogP contribution in [0, 0.1) is 25.2 Å². The average Bonchev–Trinajstić information content (AvgIpc) is 3.10. The van der Waals surface area contributed by atoms with Crippen LogP contribution in [0.4, 0.5) is 5.69 Å². The number of benzene rings is 2. The molecule has 0 saturated carbocycles. The number of nitrogens with one attached hydrogen (secondary N) is 2. The van der Waals surface area contributed by atoms with E-state index in [1.165, 1.54) is 0 Å². The van der Waals surface area contributed by atoms with E-state index in [4.69, 9.17) is 16.7 Å². The van der Waals surface area contributed by atoms with Crippen LogP contribution in [0.2, 0.25) is 5.02 Å². The first-order chi connectivity index (χ1) is 23.7. The largest absolute Gasteiger partial charge is 0.480 e. The third kappa shape index (κ3) is 8.57. The lowest BCUT2D eigenvalue weighted by molar-refractivity contribution is -0.144. The summed E-state index contributed by atoms with van der Waals surface area (Å²) in [5.74, 6) is -1.15. The highest BCUT2D eigenvalue weighted by Crippen LogP contribution is 2.33. The zero-order chi connectivity index (χ0) is 34.9. The average molecular weight is 679 g/mol. The first kappa shape index (κ1) is 35.4. The number of aliphatic hydroxyl groups excluding tert-OH is 1. The first-order valence-corrected chi connectivity index (χ1v) is 16.6. The van der Waals surface area contributed by atoms with Crippen LogP contribution in [0.15, 0.2) is 60.9 Å². The van der Waals surface area contributed by atoms with Crippen LogP contribution in [-0.2, 0) is 17.9 Å². The van der Waals surface area contributed by atoms with Gasteiger partial charge in [-0.25, -0.2) is 0 Å². The summed E-state index contributed by atoms with van der Waals surface area (Å²) < 4.78 is 0. The van der Waals surface area contributed by atoms with Crippen molar-refractivity contribution in [2.75, 3.05) is 25.0 Å². The second-order valence-electron chi connectivity index (χ2n) is 12.1. The van der Waals surface area contributed by atoms with E-state index in [2.05, 4.69) is 26.7 Å². The topological polar surface area (TPSA) is 151 Å². The number of hydrogen-bond acceptors (Lipinski definition) is 8. The summed E-state index contributed by atoms with van der Waals surface area (Å²) in [5, 5.41) is 35.4. The number of carboxylic acids is 1. The second kappa shape index (κ2) is 16.5. The summed E-state index contributed by atoms with van der Waals surface area (Å²) >= 11 is 6.72. The number of carboxylic acid groups (broad SMARTS) is 1. The Morgan fingerprint density at radius 3 is 2.67 bits per heavy atom. The number of aliphatic hydroxyl groups is 1. The summed E-state index contributed by atoms with van der Waals surface area (Å²) in [4.78, 5) is 35.6. The molecule has 0 spiro atoms. The smallest absolute Gasteiger partial charge is 0.320 e.